The Morgan fingerprint density at radius 1 is 0.427 bits per heavy atom. The lowest BCUT2D eigenvalue weighted by Crippen LogP contribution is -2.32. The summed E-state index contributed by atoms with van der Waals surface area (Å²) in [5.74, 6) is 10.4. The van der Waals surface area contributed by atoms with Gasteiger partial charge in [0.05, 0.1) is 127 Å². The molecule has 2 aromatic heterocycles. The zero-order chi connectivity index (χ0) is 102. The molecule has 8 aliphatic rings. The molecular formula is C112H136ClF2IN12O15. The lowest BCUT2D eigenvalue weighted by Gasteiger charge is -2.28. The summed E-state index contributed by atoms with van der Waals surface area (Å²) in [6, 6.07) is 44.4. The molecule has 0 saturated heterocycles. The molecule has 2 fully saturated rings. The lowest BCUT2D eigenvalue weighted by atomic mass is 9.88. The Morgan fingerprint density at radius 3 is 1.10 bits per heavy atom. The minimum atomic E-state index is -1.25. The van der Waals surface area contributed by atoms with Gasteiger partial charge in [0, 0.05) is 43.4 Å². The first-order valence-corrected chi connectivity index (χ1v) is 51.7. The molecule has 6 atom stereocenters. The molecule has 8 N–H and O–H groups in total. The molecule has 18 rings (SSSR count). The number of aliphatic hydroxyl groups is 2. The lowest BCUT2D eigenvalue weighted by molar-refractivity contribution is -0.121. The van der Waals surface area contributed by atoms with Crippen LogP contribution >= 0.6 is 34.2 Å². The zero-order valence-electron chi connectivity index (χ0n) is 83.3. The van der Waals surface area contributed by atoms with E-state index in [2.05, 4.69) is 93.0 Å². The molecule has 2 saturated carbocycles. The van der Waals surface area contributed by atoms with E-state index in [9.17, 15) is 43.0 Å². The smallest absolute Gasteiger partial charge is 0.227 e. The van der Waals surface area contributed by atoms with Crippen LogP contribution in [0.2, 0.25) is 0 Å². The molecule has 27 nitrogen and oxygen atoms in total. The minimum absolute atomic E-state index is 0.0313. The summed E-state index contributed by atoms with van der Waals surface area (Å²) in [5, 5.41) is 57.6. The number of methoxy groups -OCH3 is 6. The molecule has 6 aliphatic heterocycles. The number of nitrogens with one attached hydrogen (secondary N) is 6. The average Bonchev–Trinajstić information content (AvgIpc) is 1.80. The summed E-state index contributed by atoms with van der Waals surface area (Å²) >= 11 is 8.37. The number of ether oxygens (including phenoxy) is 8. The largest absolute Gasteiger partial charge is 0.495 e. The Hall–Kier alpha value is -12.5. The maximum absolute atomic E-state index is 14.3. The van der Waals surface area contributed by atoms with E-state index in [1.165, 1.54) is 35.0 Å². The highest BCUT2D eigenvalue weighted by molar-refractivity contribution is 14.1. The van der Waals surface area contributed by atoms with E-state index in [1.807, 2.05) is 117 Å². The number of alkyl halides is 2. The quantitative estimate of drug-likeness (QED) is 0.00589. The van der Waals surface area contributed by atoms with Crippen LogP contribution in [0.4, 0.5) is 42.9 Å². The van der Waals surface area contributed by atoms with Crippen molar-refractivity contribution in [3.63, 3.8) is 0 Å². The number of halogens is 4. The van der Waals surface area contributed by atoms with Crippen LogP contribution in [0.15, 0.2) is 158 Å². The summed E-state index contributed by atoms with van der Waals surface area (Å²) in [6.07, 6.45) is 39.5. The van der Waals surface area contributed by atoms with E-state index in [1.54, 1.807) is 88.7 Å². The van der Waals surface area contributed by atoms with Crippen molar-refractivity contribution in [2.45, 2.75) is 236 Å². The number of aromatic nitrogens is 6. The standard InChI is InChI=1S/2C30H37FN4O4.C16H19NO2.C10H12ClNO.2C10H11NO2.C6H9I/c2*1-3-30(37,23-13-14-25(31)27(16-23)39-18-20-11-12-20)19-35-24(17-32-34-35)9-5-4-7-22-15-21-8-6-10-26(38-2)28(21)33-29(22)36;1-3-4-5-6-8-13-11-12-9-7-10-14(19-2)15(12)17-16(13)18;1-13-8-4-2-3-7-5-6-9(11)12-10(7)8;2*1-13-8-4-2-3-7-5-6-9(12)11-10(7)8;1-2-3-4-5-6-7/h2*6,8,10,13-14,16-17,20,22,37H,3-5,7,9,11-12,15,18-19H2,1-2H3,(H,33,36);1,7,9-10,13H,4-6,8,11H2,2H3,(H,17,18);2-4,9,12H,5-6H2,1H3;2*2-4H,5-6H2,1H3,(H,11,12);1H,3-6H2/t2*22?,30-;;;;;/m11...../s1. The number of aryl methyl sites for hydroxylation is 5. The van der Waals surface area contributed by atoms with Crippen LogP contribution < -0.4 is 69.8 Å². The maximum Gasteiger partial charge on any atom is 0.227 e. The Bertz CT molecular complexity index is 5690. The summed E-state index contributed by atoms with van der Waals surface area (Å²) < 4.78 is 76.4. The Morgan fingerprint density at radius 2 is 0.762 bits per heavy atom. The van der Waals surface area contributed by atoms with E-state index < -0.39 is 22.8 Å². The number of carbonyl (C=O) groups excluding carboxylic acids is 5. The van der Waals surface area contributed by atoms with Gasteiger partial charge < -0.3 is 80.0 Å². The molecule has 10 aromatic rings. The molecule has 2 aliphatic carbocycles. The van der Waals surface area contributed by atoms with Gasteiger partial charge in [-0.15, -0.1) is 34.9 Å². The third-order valence-electron chi connectivity index (χ3n) is 27.0. The maximum atomic E-state index is 14.3. The molecule has 0 spiro atoms. The van der Waals surface area contributed by atoms with Gasteiger partial charge in [-0.1, -0.05) is 163 Å². The van der Waals surface area contributed by atoms with Crippen molar-refractivity contribution >= 4 is 97.9 Å². The van der Waals surface area contributed by atoms with Gasteiger partial charge in [0.15, 0.2) is 23.1 Å². The molecule has 8 aromatic carbocycles. The van der Waals surface area contributed by atoms with Crippen LogP contribution in [0.25, 0.3) is 0 Å². The highest BCUT2D eigenvalue weighted by Crippen LogP contribution is 2.43. The van der Waals surface area contributed by atoms with Crippen molar-refractivity contribution in [1.82, 2.24) is 30.0 Å². The van der Waals surface area contributed by atoms with Gasteiger partial charge in [-0.25, -0.2) is 18.1 Å². The monoisotopic (exact) mass is 2090 g/mol. The first-order chi connectivity index (χ1) is 69.4. The molecule has 31 heteroatoms. The van der Waals surface area contributed by atoms with Crippen LogP contribution in [-0.4, -0.2) is 136 Å². The number of hydrogen-bond donors (Lipinski definition) is 8. The van der Waals surface area contributed by atoms with Crippen LogP contribution in [0.5, 0.6) is 46.0 Å². The van der Waals surface area contributed by atoms with Crippen LogP contribution in [0, 0.1) is 65.9 Å². The highest BCUT2D eigenvalue weighted by Gasteiger charge is 2.37. The van der Waals surface area contributed by atoms with Gasteiger partial charge in [0.2, 0.25) is 29.5 Å². The molecule has 8 heterocycles. The predicted molar refractivity (Wildman–Crippen MR) is 563 cm³/mol. The number of hydrogen-bond acceptors (Lipinski definition) is 20. The van der Waals surface area contributed by atoms with Crippen LogP contribution in [-0.2, 0) is 99.6 Å². The number of carbonyl (C=O) groups is 5. The van der Waals surface area contributed by atoms with E-state index in [-0.39, 0.29) is 77.4 Å². The molecule has 0 bridgehead atoms. The van der Waals surface area contributed by atoms with Crippen molar-refractivity contribution in [3.8, 4) is 70.7 Å². The number of unbranched alkanes of at least 4 members (excludes halogenated alkanes) is 6. The first kappa shape index (κ1) is 109. The number of fused-ring (bicyclic) bond motifs is 6. The van der Waals surface area contributed by atoms with E-state index >= 15 is 0 Å². The SMILES string of the molecule is C#CCCCCC1Cc2cccc(OC)c2NC1=O.C#CCCCCI.CC[C@@](O)(Cn1nncc1CCCCC1Cc2cccc(OC)c2NC1=O)c1ccc(F)c(OCC2CC2)c1.CC[C@@](O)(Cn1nncc1CCCCC1Cc2cccc(OC)c2NC1=O)c1ccc(F)c(OCC2CC2)c1.COc1cccc2c1NC(=O)CC2.COc1cccc2c1NC(=O)CC2.COc1cccc2c1NC(Cl)CC2. The molecular weight excluding hydrogens is 1950 g/mol. The summed E-state index contributed by atoms with van der Waals surface area (Å²) in [7, 11) is 9.72. The second kappa shape index (κ2) is 54.8. The van der Waals surface area contributed by atoms with Crippen LogP contribution in [0.3, 0.4) is 0 Å². The summed E-state index contributed by atoms with van der Waals surface area (Å²) in [5.41, 5.74) is 12.6. The van der Waals surface area contributed by atoms with Gasteiger partial charge in [-0.2, -0.15) is 0 Å². The van der Waals surface area contributed by atoms with Crippen LogP contribution in [0.1, 0.15) is 211 Å². The van der Waals surface area contributed by atoms with E-state index in [4.69, 9.17) is 62.3 Å². The molecule has 143 heavy (non-hydrogen) atoms. The molecule has 4 unspecified atom stereocenters. The molecule has 5 amide bonds. The first-order valence-electron chi connectivity index (χ1n) is 49.8. The fourth-order valence-electron chi connectivity index (χ4n) is 18.0. The fourth-order valence-corrected chi connectivity index (χ4v) is 18.8. The topological polar surface area (TPSA) is 333 Å². The number of anilines is 6. The van der Waals surface area contributed by atoms with Gasteiger partial charge in [-0.3, -0.25) is 24.0 Å². The third-order valence-corrected chi connectivity index (χ3v) is 28.0. The second-order valence-corrected chi connectivity index (χ2v) is 38.6. The summed E-state index contributed by atoms with van der Waals surface area (Å²) in [4.78, 5) is 59.7. The van der Waals surface area contributed by atoms with Gasteiger partial charge in [-0.05, 0) is 269 Å². The highest BCUT2D eigenvalue weighted by atomic mass is 127. The Labute approximate surface area is 857 Å². The third kappa shape index (κ3) is 31.0. The van der Waals surface area contributed by atoms with Crippen molar-refractivity contribution < 1.29 is 80.9 Å². The number of benzene rings is 8. The van der Waals surface area contributed by atoms with Crippen molar-refractivity contribution in [3.05, 3.63) is 226 Å². The van der Waals surface area contributed by atoms with E-state index in [0.717, 1.165) is 238 Å². The number of amides is 5. The van der Waals surface area contributed by atoms with E-state index in [0.29, 0.717) is 86.2 Å². The number of rotatable bonds is 37. The number of para-hydroxylation sites is 6. The Kier molecular flexibility index (Phi) is 41.9. The molecule has 0 radical (unpaired) electrons. The fraction of sp³-hybridized carbons (Fsp3) is 0.455. The van der Waals surface area contributed by atoms with Crippen molar-refractivity contribution in [2.75, 3.05) is 92.2 Å². The van der Waals surface area contributed by atoms with Gasteiger partial charge in [0.1, 0.15) is 51.2 Å². The number of nitrogens with zero attached hydrogens (tertiary/aromatic N) is 6. The van der Waals surface area contributed by atoms with Crippen molar-refractivity contribution in [2.24, 2.45) is 29.6 Å². The molecule has 762 valence electrons. The predicted octanol–water partition coefficient (Wildman–Crippen LogP) is 21.1. The minimum Gasteiger partial charge on any atom is -0.495 e. The number of terminal acetylenes is 2. The Balaban J connectivity index is 0.000000161. The second-order valence-electron chi connectivity index (χ2n) is 37.0. The van der Waals surface area contributed by atoms with Crippen molar-refractivity contribution in [1.29, 1.82) is 0 Å². The van der Waals surface area contributed by atoms with Gasteiger partial charge in [0.25, 0.3) is 0 Å². The zero-order valence-corrected chi connectivity index (χ0v) is 86.2. The normalized spacial score (nSPS) is 17.2. The summed E-state index contributed by atoms with van der Waals surface area (Å²) in [6.45, 7) is 5.20. The van der Waals surface area contributed by atoms with Gasteiger partial charge >= 0.3 is 0 Å². The average molecular weight is 2090 g/mol.